The smallest absolute Gasteiger partial charge is 0.338 e. The summed E-state index contributed by atoms with van der Waals surface area (Å²) in [5.74, 6) is -0.313. The van der Waals surface area contributed by atoms with Gasteiger partial charge in [-0.25, -0.2) is 9.78 Å². The molecule has 1 aromatic carbocycles. The van der Waals surface area contributed by atoms with Crippen molar-refractivity contribution in [3.8, 4) is 5.75 Å². The number of pyridine rings is 1. The van der Waals surface area contributed by atoms with E-state index in [4.69, 9.17) is 4.74 Å². The molecule has 0 unspecified atom stereocenters. The average Bonchev–Trinajstić information content (AvgIpc) is 2.44. The van der Waals surface area contributed by atoms with Gasteiger partial charge in [0, 0.05) is 11.6 Å². The number of nitrogens with zero attached hydrogens (tertiary/aromatic N) is 2. The molecule has 0 fully saturated rings. The zero-order valence-corrected chi connectivity index (χ0v) is 10.2. The highest BCUT2D eigenvalue weighted by Gasteiger charge is 2.20. The van der Waals surface area contributed by atoms with E-state index in [1.165, 1.54) is 38.6 Å². The third-order valence-electron chi connectivity index (χ3n) is 2.64. The number of carbonyl (C=O) groups excluding carboxylic acids is 1. The van der Waals surface area contributed by atoms with Gasteiger partial charge < -0.3 is 9.47 Å². The van der Waals surface area contributed by atoms with Gasteiger partial charge in [-0.2, -0.15) is 0 Å². The Labute approximate surface area is 107 Å². The number of hydrogen-bond acceptors (Lipinski definition) is 6. The van der Waals surface area contributed by atoms with Crippen LogP contribution in [0.4, 0.5) is 5.69 Å². The fourth-order valence-corrected chi connectivity index (χ4v) is 1.76. The summed E-state index contributed by atoms with van der Waals surface area (Å²) in [6, 6.07) is 4.22. The van der Waals surface area contributed by atoms with Crippen molar-refractivity contribution in [1.82, 2.24) is 4.98 Å². The van der Waals surface area contributed by atoms with E-state index in [2.05, 4.69) is 9.72 Å². The van der Waals surface area contributed by atoms with Crippen molar-refractivity contribution in [3.05, 3.63) is 40.1 Å². The Hall–Kier alpha value is -2.70. The Morgan fingerprint density at radius 1 is 1.37 bits per heavy atom. The van der Waals surface area contributed by atoms with E-state index in [1.807, 2.05) is 0 Å². The van der Waals surface area contributed by atoms with Crippen LogP contribution in [0.15, 0.2) is 24.4 Å². The summed E-state index contributed by atoms with van der Waals surface area (Å²) in [5, 5.41) is 11.3. The molecule has 0 aliphatic carbocycles. The Morgan fingerprint density at radius 3 is 2.68 bits per heavy atom. The number of nitro benzene ring substituents is 1. The molecule has 7 nitrogen and oxygen atoms in total. The molecule has 0 amide bonds. The third-order valence-corrected chi connectivity index (χ3v) is 2.64. The molecule has 7 heteroatoms. The number of esters is 1. The molecule has 1 aromatic heterocycles. The van der Waals surface area contributed by atoms with Gasteiger partial charge in [0.2, 0.25) is 0 Å². The molecule has 0 aliphatic heterocycles. The van der Waals surface area contributed by atoms with Gasteiger partial charge in [-0.1, -0.05) is 0 Å². The van der Waals surface area contributed by atoms with Crippen molar-refractivity contribution < 1.29 is 19.2 Å². The van der Waals surface area contributed by atoms with E-state index in [1.54, 1.807) is 0 Å². The number of methoxy groups -OCH3 is 2. The van der Waals surface area contributed by atoms with Gasteiger partial charge in [-0.05, 0) is 12.1 Å². The average molecular weight is 262 g/mol. The SMILES string of the molecule is COC(=O)c1ccnc2c([N+](=O)[O-])cc(OC)cc12. The van der Waals surface area contributed by atoms with Gasteiger partial charge in [0.15, 0.2) is 0 Å². The van der Waals surface area contributed by atoms with E-state index >= 15 is 0 Å². The molecule has 2 aromatic rings. The monoisotopic (exact) mass is 262 g/mol. The molecular formula is C12H10N2O5. The molecule has 0 N–H and O–H groups in total. The summed E-state index contributed by atoms with van der Waals surface area (Å²) < 4.78 is 9.64. The summed E-state index contributed by atoms with van der Waals surface area (Å²) in [4.78, 5) is 26.1. The van der Waals surface area contributed by atoms with Crippen LogP contribution in [0.5, 0.6) is 5.75 Å². The highest BCUT2D eigenvalue weighted by molar-refractivity contribution is 6.05. The molecule has 0 radical (unpaired) electrons. The zero-order valence-electron chi connectivity index (χ0n) is 10.2. The molecule has 0 saturated heterocycles. The minimum absolute atomic E-state index is 0.119. The summed E-state index contributed by atoms with van der Waals surface area (Å²) in [7, 11) is 2.63. The predicted molar refractivity (Wildman–Crippen MR) is 66.3 cm³/mol. The second kappa shape index (κ2) is 4.89. The standard InChI is InChI=1S/C12H10N2O5/c1-18-7-5-9-8(12(15)19-2)3-4-13-11(9)10(6-7)14(16)17/h3-6H,1-2H3. The van der Waals surface area contributed by atoms with Gasteiger partial charge in [0.25, 0.3) is 5.69 Å². The zero-order chi connectivity index (χ0) is 14.0. The van der Waals surface area contributed by atoms with E-state index in [0.717, 1.165) is 0 Å². The molecule has 0 aliphatic rings. The number of carbonyl (C=O) groups is 1. The molecule has 0 bridgehead atoms. The number of fused-ring (bicyclic) bond motifs is 1. The number of non-ortho nitro benzene ring substituents is 1. The fraction of sp³-hybridized carbons (Fsp3) is 0.167. The van der Waals surface area contributed by atoms with Crippen LogP contribution in [0.1, 0.15) is 10.4 Å². The number of rotatable bonds is 3. The number of aromatic nitrogens is 1. The first kappa shape index (κ1) is 12.7. The highest BCUT2D eigenvalue weighted by atomic mass is 16.6. The highest BCUT2D eigenvalue weighted by Crippen LogP contribution is 2.31. The van der Waals surface area contributed by atoms with Gasteiger partial charge in [-0.3, -0.25) is 10.1 Å². The summed E-state index contributed by atoms with van der Waals surface area (Å²) in [6.07, 6.45) is 1.33. The van der Waals surface area contributed by atoms with Gasteiger partial charge in [0.1, 0.15) is 11.3 Å². The Kier molecular flexibility index (Phi) is 3.28. The molecule has 0 spiro atoms. The molecule has 0 saturated carbocycles. The van der Waals surface area contributed by atoms with Gasteiger partial charge in [-0.15, -0.1) is 0 Å². The Bertz CT molecular complexity index is 668. The predicted octanol–water partition coefficient (Wildman–Crippen LogP) is 1.94. The maximum absolute atomic E-state index is 11.6. The van der Waals surface area contributed by atoms with Gasteiger partial charge in [0.05, 0.1) is 30.8 Å². The number of benzene rings is 1. The van der Waals surface area contributed by atoms with Crippen LogP contribution in [0.25, 0.3) is 10.9 Å². The minimum Gasteiger partial charge on any atom is -0.496 e. The molecule has 2 rings (SSSR count). The van der Waals surface area contributed by atoms with Crippen LogP contribution in [0.2, 0.25) is 0 Å². The molecule has 98 valence electrons. The van der Waals surface area contributed by atoms with Crippen LogP contribution >= 0.6 is 0 Å². The van der Waals surface area contributed by atoms with E-state index < -0.39 is 10.9 Å². The maximum atomic E-state index is 11.6. The van der Waals surface area contributed by atoms with Crippen LogP contribution in [-0.2, 0) is 4.74 Å². The van der Waals surface area contributed by atoms with Crippen LogP contribution in [0.3, 0.4) is 0 Å². The molecular weight excluding hydrogens is 252 g/mol. The van der Waals surface area contributed by atoms with E-state index in [-0.39, 0.29) is 22.5 Å². The van der Waals surface area contributed by atoms with Crippen molar-refractivity contribution in [3.63, 3.8) is 0 Å². The maximum Gasteiger partial charge on any atom is 0.338 e. The first-order valence-electron chi connectivity index (χ1n) is 5.28. The Morgan fingerprint density at radius 2 is 2.11 bits per heavy atom. The number of nitro groups is 1. The number of hydrogen-bond donors (Lipinski definition) is 0. The lowest BCUT2D eigenvalue weighted by Crippen LogP contribution is -2.04. The normalized spacial score (nSPS) is 10.2. The van der Waals surface area contributed by atoms with Gasteiger partial charge >= 0.3 is 5.97 Å². The quantitative estimate of drug-likeness (QED) is 0.477. The second-order valence-electron chi connectivity index (χ2n) is 3.65. The first-order chi connectivity index (χ1) is 9.08. The summed E-state index contributed by atoms with van der Waals surface area (Å²) >= 11 is 0. The van der Waals surface area contributed by atoms with Crippen molar-refractivity contribution in [1.29, 1.82) is 0 Å². The third kappa shape index (κ3) is 2.17. The summed E-state index contributed by atoms with van der Waals surface area (Å²) in [5.41, 5.74) is 0.100. The number of ether oxygens (including phenoxy) is 2. The van der Waals surface area contributed by atoms with Crippen LogP contribution < -0.4 is 4.74 Å². The first-order valence-corrected chi connectivity index (χ1v) is 5.28. The lowest BCUT2D eigenvalue weighted by molar-refractivity contribution is -0.383. The molecule has 1 heterocycles. The largest absolute Gasteiger partial charge is 0.496 e. The van der Waals surface area contributed by atoms with Crippen molar-refractivity contribution in [2.45, 2.75) is 0 Å². The van der Waals surface area contributed by atoms with Crippen LogP contribution in [-0.4, -0.2) is 30.1 Å². The van der Waals surface area contributed by atoms with Crippen molar-refractivity contribution in [2.75, 3.05) is 14.2 Å². The van der Waals surface area contributed by atoms with Crippen molar-refractivity contribution in [2.24, 2.45) is 0 Å². The van der Waals surface area contributed by atoms with Crippen LogP contribution in [0, 0.1) is 10.1 Å². The molecule has 0 atom stereocenters. The Balaban J connectivity index is 2.85. The van der Waals surface area contributed by atoms with E-state index in [9.17, 15) is 14.9 Å². The topological polar surface area (TPSA) is 91.6 Å². The lowest BCUT2D eigenvalue weighted by Gasteiger charge is -2.07. The lowest BCUT2D eigenvalue weighted by atomic mass is 10.1. The van der Waals surface area contributed by atoms with E-state index in [0.29, 0.717) is 5.39 Å². The second-order valence-corrected chi connectivity index (χ2v) is 3.65. The summed E-state index contributed by atoms with van der Waals surface area (Å²) in [6.45, 7) is 0. The fourth-order valence-electron chi connectivity index (χ4n) is 1.76. The van der Waals surface area contributed by atoms with Crippen molar-refractivity contribution >= 4 is 22.6 Å². The molecule has 19 heavy (non-hydrogen) atoms. The minimum atomic E-state index is -0.588.